The SMILES string of the molecule is COc1ccc(C2Cc3cc(OC)ccc3N(CC3CCCN3)C(=O)C2O)cc1. The third-order valence-electron chi connectivity index (χ3n) is 6.03. The number of nitrogens with zero attached hydrogens (tertiary/aromatic N) is 1. The fourth-order valence-corrected chi connectivity index (χ4v) is 4.39. The van der Waals surface area contributed by atoms with Gasteiger partial charge in [-0.05, 0) is 67.3 Å². The minimum atomic E-state index is -1.11. The van der Waals surface area contributed by atoms with Crippen LogP contribution in [0.4, 0.5) is 5.69 Å². The molecular formula is C23H28N2O4. The molecule has 3 atom stereocenters. The van der Waals surface area contributed by atoms with Gasteiger partial charge in [-0.25, -0.2) is 0 Å². The van der Waals surface area contributed by atoms with E-state index in [9.17, 15) is 9.90 Å². The number of hydrogen-bond donors (Lipinski definition) is 2. The van der Waals surface area contributed by atoms with E-state index in [1.807, 2.05) is 42.5 Å². The van der Waals surface area contributed by atoms with E-state index in [4.69, 9.17) is 9.47 Å². The summed E-state index contributed by atoms with van der Waals surface area (Å²) >= 11 is 0. The summed E-state index contributed by atoms with van der Waals surface area (Å²) in [6, 6.07) is 13.6. The molecule has 0 aliphatic carbocycles. The Kier molecular flexibility index (Phi) is 5.74. The number of aliphatic hydroxyl groups excluding tert-OH is 1. The molecule has 1 fully saturated rings. The van der Waals surface area contributed by atoms with Crippen molar-refractivity contribution >= 4 is 11.6 Å². The van der Waals surface area contributed by atoms with Gasteiger partial charge < -0.3 is 24.8 Å². The lowest BCUT2D eigenvalue weighted by Gasteiger charge is -2.28. The highest BCUT2D eigenvalue weighted by Gasteiger charge is 2.37. The number of ether oxygens (including phenoxy) is 2. The van der Waals surface area contributed by atoms with E-state index in [0.29, 0.717) is 13.0 Å². The Morgan fingerprint density at radius 2 is 1.83 bits per heavy atom. The van der Waals surface area contributed by atoms with Crippen LogP contribution in [0.5, 0.6) is 11.5 Å². The number of carbonyl (C=O) groups excluding carboxylic acids is 1. The van der Waals surface area contributed by atoms with Crippen molar-refractivity contribution in [1.29, 1.82) is 0 Å². The summed E-state index contributed by atoms with van der Waals surface area (Å²) in [5, 5.41) is 14.5. The molecule has 3 unspecified atom stereocenters. The molecule has 29 heavy (non-hydrogen) atoms. The highest BCUT2D eigenvalue weighted by atomic mass is 16.5. The number of anilines is 1. The van der Waals surface area contributed by atoms with E-state index in [0.717, 1.165) is 47.7 Å². The number of aliphatic hydroxyl groups is 1. The minimum Gasteiger partial charge on any atom is -0.497 e. The predicted molar refractivity (Wildman–Crippen MR) is 112 cm³/mol. The maximum absolute atomic E-state index is 13.3. The number of methoxy groups -OCH3 is 2. The predicted octanol–water partition coefficient (Wildman–Crippen LogP) is 2.49. The average molecular weight is 396 g/mol. The van der Waals surface area contributed by atoms with Crippen molar-refractivity contribution in [1.82, 2.24) is 5.32 Å². The number of fused-ring (bicyclic) bond motifs is 1. The summed E-state index contributed by atoms with van der Waals surface area (Å²) in [5.74, 6) is 0.920. The van der Waals surface area contributed by atoms with Crippen molar-refractivity contribution in [3.05, 3.63) is 53.6 Å². The van der Waals surface area contributed by atoms with E-state index in [1.54, 1.807) is 19.1 Å². The van der Waals surface area contributed by atoms with E-state index in [1.165, 1.54) is 0 Å². The van der Waals surface area contributed by atoms with Crippen molar-refractivity contribution in [2.45, 2.75) is 37.3 Å². The fraction of sp³-hybridized carbons (Fsp3) is 0.435. The smallest absolute Gasteiger partial charge is 0.256 e. The van der Waals surface area contributed by atoms with E-state index in [2.05, 4.69) is 5.32 Å². The normalized spacial score (nSPS) is 24.2. The van der Waals surface area contributed by atoms with Gasteiger partial charge in [-0.15, -0.1) is 0 Å². The molecule has 2 heterocycles. The van der Waals surface area contributed by atoms with E-state index < -0.39 is 6.10 Å². The number of nitrogens with one attached hydrogen (secondary N) is 1. The summed E-state index contributed by atoms with van der Waals surface area (Å²) in [4.78, 5) is 15.1. The molecule has 6 nitrogen and oxygen atoms in total. The molecule has 1 saturated heterocycles. The highest BCUT2D eigenvalue weighted by Crippen LogP contribution is 2.37. The molecule has 2 aromatic rings. The molecule has 2 N–H and O–H groups in total. The van der Waals surface area contributed by atoms with E-state index >= 15 is 0 Å². The van der Waals surface area contributed by atoms with Crippen LogP contribution in [-0.4, -0.2) is 50.5 Å². The first-order valence-corrected chi connectivity index (χ1v) is 10.1. The van der Waals surface area contributed by atoms with Crippen LogP contribution in [0, 0.1) is 0 Å². The number of hydrogen-bond acceptors (Lipinski definition) is 5. The molecule has 2 aliphatic heterocycles. The molecule has 0 bridgehead atoms. The van der Waals surface area contributed by atoms with Gasteiger partial charge in [-0.1, -0.05) is 12.1 Å². The molecule has 6 heteroatoms. The summed E-state index contributed by atoms with van der Waals surface area (Å²) in [7, 11) is 3.26. The van der Waals surface area contributed by atoms with E-state index in [-0.39, 0.29) is 17.9 Å². The van der Waals surface area contributed by atoms with Crippen LogP contribution in [-0.2, 0) is 11.2 Å². The molecule has 2 aromatic carbocycles. The van der Waals surface area contributed by atoms with Crippen LogP contribution in [0.15, 0.2) is 42.5 Å². The second-order valence-electron chi connectivity index (χ2n) is 7.77. The van der Waals surface area contributed by atoms with Crippen LogP contribution in [0.25, 0.3) is 0 Å². The third-order valence-corrected chi connectivity index (χ3v) is 6.03. The van der Waals surface area contributed by atoms with Gasteiger partial charge in [0.1, 0.15) is 17.6 Å². The molecule has 0 aromatic heterocycles. The first-order valence-electron chi connectivity index (χ1n) is 10.1. The summed E-state index contributed by atoms with van der Waals surface area (Å²) in [5.41, 5.74) is 2.79. The first-order chi connectivity index (χ1) is 14.1. The van der Waals surface area contributed by atoms with Crippen molar-refractivity contribution in [2.75, 3.05) is 32.2 Å². The Hall–Kier alpha value is -2.57. The van der Waals surface area contributed by atoms with Crippen molar-refractivity contribution in [3.8, 4) is 11.5 Å². The van der Waals surface area contributed by atoms with Crippen LogP contribution in [0.2, 0.25) is 0 Å². The largest absolute Gasteiger partial charge is 0.497 e. The summed E-state index contributed by atoms with van der Waals surface area (Å²) in [6.45, 7) is 1.53. The van der Waals surface area contributed by atoms with Gasteiger partial charge in [0.05, 0.1) is 14.2 Å². The Morgan fingerprint density at radius 1 is 1.10 bits per heavy atom. The van der Waals surface area contributed by atoms with Gasteiger partial charge in [-0.3, -0.25) is 4.79 Å². The van der Waals surface area contributed by atoms with Crippen molar-refractivity contribution in [3.63, 3.8) is 0 Å². The number of amides is 1. The van der Waals surface area contributed by atoms with Crippen LogP contribution in [0.1, 0.15) is 29.9 Å². The lowest BCUT2D eigenvalue weighted by atomic mass is 9.87. The number of benzene rings is 2. The zero-order chi connectivity index (χ0) is 20.4. The lowest BCUT2D eigenvalue weighted by Crippen LogP contribution is -2.46. The van der Waals surface area contributed by atoms with Crippen molar-refractivity contribution in [2.24, 2.45) is 0 Å². The maximum Gasteiger partial charge on any atom is 0.256 e. The molecule has 2 aliphatic rings. The van der Waals surface area contributed by atoms with Crippen LogP contribution >= 0.6 is 0 Å². The molecule has 154 valence electrons. The maximum atomic E-state index is 13.3. The van der Waals surface area contributed by atoms with Crippen LogP contribution < -0.4 is 19.7 Å². The number of carbonyl (C=O) groups is 1. The molecule has 1 amide bonds. The quantitative estimate of drug-likeness (QED) is 0.813. The second kappa shape index (κ2) is 8.43. The Balaban J connectivity index is 1.72. The van der Waals surface area contributed by atoms with Crippen LogP contribution in [0.3, 0.4) is 0 Å². The van der Waals surface area contributed by atoms with Crippen molar-refractivity contribution < 1.29 is 19.4 Å². The third kappa shape index (κ3) is 3.95. The lowest BCUT2D eigenvalue weighted by molar-refractivity contribution is -0.127. The molecule has 0 radical (unpaired) electrons. The molecular weight excluding hydrogens is 368 g/mol. The zero-order valence-corrected chi connectivity index (χ0v) is 16.9. The zero-order valence-electron chi connectivity index (χ0n) is 16.9. The molecule has 4 rings (SSSR count). The minimum absolute atomic E-state index is 0.247. The van der Waals surface area contributed by atoms with Gasteiger partial charge in [-0.2, -0.15) is 0 Å². The highest BCUT2D eigenvalue weighted by molar-refractivity contribution is 5.99. The number of rotatable bonds is 5. The van der Waals surface area contributed by atoms with Gasteiger partial charge in [0.2, 0.25) is 0 Å². The summed E-state index contributed by atoms with van der Waals surface area (Å²) < 4.78 is 10.7. The van der Waals surface area contributed by atoms with Gasteiger partial charge >= 0.3 is 0 Å². The van der Waals surface area contributed by atoms with Gasteiger partial charge in [0.25, 0.3) is 5.91 Å². The summed E-state index contributed by atoms with van der Waals surface area (Å²) in [6.07, 6.45) is 1.59. The second-order valence-corrected chi connectivity index (χ2v) is 7.77. The Morgan fingerprint density at radius 3 is 2.48 bits per heavy atom. The van der Waals surface area contributed by atoms with Gasteiger partial charge in [0.15, 0.2) is 0 Å². The monoisotopic (exact) mass is 396 g/mol. The Labute approximate surface area is 171 Å². The fourth-order valence-electron chi connectivity index (χ4n) is 4.39. The first kappa shape index (κ1) is 19.7. The topological polar surface area (TPSA) is 71.0 Å². The van der Waals surface area contributed by atoms with Gasteiger partial charge in [0, 0.05) is 24.2 Å². The molecule has 0 saturated carbocycles. The average Bonchev–Trinajstić information content (AvgIpc) is 3.25. The Bertz CT molecular complexity index is 862. The standard InChI is InChI=1S/C23H28N2O4/c1-28-18-7-5-15(6-8-18)20-13-16-12-19(29-2)9-10-21(16)25(23(27)22(20)26)14-17-4-3-11-24-17/h5-10,12,17,20,22,24,26H,3-4,11,13-14H2,1-2H3. The molecule has 0 spiro atoms.